The molecule has 2 amide bonds. The zero-order valence-corrected chi connectivity index (χ0v) is 12.9. The summed E-state index contributed by atoms with van der Waals surface area (Å²) in [5.74, 6) is 0. The van der Waals surface area contributed by atoms with Crippen LogP contribution in [0.5, 0.6) is 0 Å². The summed E-state index contributed by atoms with van der Waals surface area (Å²) in [5, 5.41) is 23.5. The van der Waals surface area contributed by atoms with E-state index in [-0.39, 0.29) is 12.1 Å². The SMILES string of the molecule is O=C(NCc1cn(-c2ccccc2)nn1)N[C@@H]1CCCC[C@@H]1O. The number of nitrogens with zero attached hydrogens (tertiary/aromatic N) is 3. The van der Waals surface area contributed by atoms with Gasteiger partial charge >= 0.3 is 6.03 Å². The van der Waals surface area contributed by atoms with Crippen LogP contribution in [0, 0.1) is 0 Å². The number of benzene rings is 1. The fourth-order valence-electron chi connectivity index (χ4n) is 2.76. The van der Waals surface area contributed by atoms with Crippen molar-refractivity contribution in [3.05, 3.63) is 42.2 Å². The minimum atomic E-state index is -0.451. The van der Waals surface area contributed by atoms with Gasteiger partial charge in [0.15, 0.2) is 0 Å². The van der Waals surface area contributed by atoms with E-state index in [1.807, 2.05) is 30.3 Å². The molecule has 0 aliphatic heterocycles. The largest absolute Gasteiger partial charge is 0.391 e. The molecule has 1 heterocycles. The van der Waals surface area contributed by atoms with Gasteiger partial charge in [0.25, 0.3) is 0 Å². The molecule has 1 fully saturated rings. The zero-order chi connectivity index (χ0) is 16.1. The molecule has 0 unspecified atom stereocenters. The third kappa shape index (κ3) is 4.07. The average Bonchev–Trinajstić information content (AvgIpc) is 3.05. The first-order valence-corrected chi connectivity index (χ1v) is 7.91. The summed E-state index contributed by atoms with van der Waals surface area (Å²) in [6.45, 7) is 0.293. The second kappa shape index (κ2) is 7.23. The number of aliphatic hydroxyl groups is 1. The Morgan fingerprint density at radius 2 is 2.04 bits per heavy atom. The fraction of sp³-hybridized carbons (Fsp3) is 0.438. The maximum absolute atomic E-state index is 11.9. The molecule has 1 aliphatic carbocycles. The average molecular weight is 315 g/mol. The van der Waals surface area contributed by atoms with Crippen molar-refractivity contribution in [2.45, 2.75) is 44.4 Å². The summed E-state index contributed by atoms with van der Waals surface area (Å²) < 4.78 is 1.67. The molecule has 2 aromatic rings. The summed E-state index contributed by atoms with van der Waals surface area (Å²) in [5.41, 5.74) is 1.59. The van der Waals surface area contributed by atoms with E-state index in [9.17, 15) is 9.90 Å². The van der Waals surface area contributed by atoms with Gasteiger partial charge in [-0.05, 0) is 25.0 Å². The van der Waals surface area contributed by atoms with E-state index in [0.29, 0.717) is 12.2 Å². The Morgan fingerprint density at radius 1 is 1.26 bits per heavy atom. The molecule has 0 saturated heterocycles. The summed E-state index contributed by atoms with van der Waals surface area (Å²) in [7, 11) is 0. The quantitative estimate of drug-likeness (QED) is 0.794. The molecule has 1 aliphatic rings. The van der Waals surface area contributed by atoms with Gasteiger partial charge in [-0.25, -0.2) is 9.48 Å². The topological polar surface area (TPSA) is 92.1 Å². The van der Waals surface area contributed by atoms with E-state index >= 15 is 0 Å². The number of hydrogen-bond donors (Lipinski definition) is 3. The van der Waals surface area contributed by atoms with Crippen LogP contribution in [0.25, 0.3) is 5.69 Å². The first-order chi connectivity index (χ1) is 11.2. The second-order valence-electron chi connectivity index (χ2n) is 5.78. The van der Waals surface area contributed by atoms with Gasteiger partial charge in [0.1, 0.15) is 5.69 Å². The molecule has 1 aromatic carbocycles. The van der Waals surface area contributed by atoms with Gasteiger partial charge in [-0.15, -0.1) is 5.10 Å². The molecule has 7 nitrogen and oxygen atoms in total. The van der Waals surface area contributed by atoms with Gasteiger partial charge < -0.3 is 15.7 Å². The summed E-state index contributed by atoms with van der Waals surface area (Å²) in [6, 6.07) is 9.21. The standard InChI is InChI=1S/C16H21N5O2/c22-15-9-5-4-8-14(15)18-16(23)17-10-12-11-21(20-19-12)13-6-2-1-3-7-13/h1-3,6-7,11,14-15,22H,4-5,8-10H2,(H2,17,18,23)/t14-,15+/m1/s1. The van der Waals surface area contributed by atoms with Gasteiger partial charge in [0, 0.05) is 0 Å². The van der Waals surface area contributed by atoms with Crippen LogP contribution in [-0.4, -0.2) is 38.3 Å². The summed E-state index contributed by atoms with van der Waals surface area (Å²) in [4.78, 5) is 11.9. The van der Waals surface area contributed by atoms with Crippen molar-refractivity contribution >= 4 is 6.03 Å². The lowest BCUT2D eigenvalue weighted by molar-refractivity contribution is 0.0943. The van der Waals surface area contributed by atoms with Crippen LogP contribution in [0.1, 0.15) is 31.4 Å². The molecular formula is C16H21N5O2. The number of urea groups is 1. The molecule has 1 saturated carbocycles. The highest BCUT2D eigenvalue weighted by Gasteiger charge is 2.24. The number of aliphatic hydroxyl groups excluding tert-OH is 1. The molecule has 23 heavy (non-hydrogen) atoms. The number of carbonyl (C=O) groups excluding carboxylic acids is 1. The molecule has 0 bridgehead atoms. The number of aromatic nitrogens is 3. The Balaban J connectivity index is 1.50. The van der Waals surface area contributed by atoms with Crippen LogP contribution in [0.15, 0.2) is 36.5 Å². The van der Waals surface area contributed by atoms with Crippen molar-refractivity contribution in [2.75, 3.05) is 0 Å². The molecule has 1 aromatic heterocycles. The van der Waals surface area contributed by atoms with E-state index in [1.165, 1.54) is 0 Å². The van der Waals surface area contributed by atoms with Crippen molar-refractivity contribution in [3.63, 3.8) is 0 Å². The number of rotatable bonds is 4. The highest BCUT2D eigenvalue weighted by Crippen LogP contribution is 2.18. The number of para-hydroxylation sites is 1. The number of amides is 2. The maximum atomic E-state index is 11.9. The lowest BCUT2D eigenvalue weighted by Gasteiger charge is -2.28. The van der Waals surface area contributed by atoms with Crippen molar-refractivity contribution in [3.8, 4) is 5.69 Å². The van der Waals surface area contributed by atoms with Crippen molar-refractivity contribution in [2.24, 2.45) is 0 Å². The number of hydrogen-bond acceptors (Lipinski definition) is 4. The minimum absolute atomic E-state index is 0.163. The van der Waals surface area contributed by atoms with Crippen molar-refractivity contribution in [1.29, 1.82) is 0 Å². The van der Waals surface area contributed by atoms with Gasteiger partial charge in [-0.3, -0.25) is 0 Å². The van der Waals surface area contributed by atoms with Crippen LogP contribution in [0.2, 0.25) is 0 Å². The molecule has 0 spiro atoms. The van der Waals surface area contributed by atoms with Crippen LogP contribution < -0.4 is 10.6 Å². The molecule has 3 rings (SSSR count). The fourth-order valence-corrected chi connectivity index (χ4v) is 2.76. The van der Waals surface area contributed by atoms with Crippen molar-refractivity contribution in [1.82, 2.24) is 25.6 Å². The van der Waals surface area contributed by atoms with Crippen LogP contribution in [-0.2, 0) is 6.54 Å². The second-order valence-corrected chi connectivity index (χ2v) is 5.78. The van der Waals surface area contributed by atoms with Gasteiger partial charge in [-0.1, -0.05) is 36.3 Å². The lowest BCUT2D eigenvalue weighted by Crippen LogP contribution is -2.48. The lowest BCUT2D eigenvalue weighted by atomic mass is 9.93. The third-order valence-electron chi connectivity index (χ3n) is 4.04. The van der Waals surface area contributed by atoms with Crippen LogP contribution >= 0.6 is 0 Å². The molecule has 3 N–H and O–H groups in total. The molecule has 2 atom stereocenters. The first-order valence-electron chi connectivity index (χ1n) is 7.91. The molecule has 0 radical (unpaired) electrons. The Morgan fingerprint density at radius 3 is 2.83 bits per heavy atom. The van der Waals surface area contributed by atoms with E-state index in [4.69, 9.17) is 0 Å². The number of nitrogens with one attached hydrogen (secondary N) is 2. The maximum Gasteiger partial charge on any atom is 0.315 e. The van der Waals surface area contributed by atoms with Gasteiger partial charge in [-0.2, -0.15) is 0 Å². The molecule has 122 valence electrons. The van der Waals surface area contributed by atoms with Crippen LogP contribution in [0.4, 0.5) is 4.79 Å². The monoisotopic (exact) mass is 315 g/mol. The summed E-state index contributed by atoms with van der Waals surface area (Å²) in [6.07, 6.45) is 4.95. The predicted octanol–water partition coefficient (Wildman–Crippen LogP) is 1.37. The van der Waals surface area contributed by atoms with Gasteiger partial charge in [0.05, 0.1) is 30.6 Å². The minimum Gasteiger partial charge on any atom is -0.391 e. The summed E-state index contributed by atoms with van der Waals surface area (Å²) >= 11 is 0. The molecule has 7 heteroatoms. The third-order valence-corrected chi connectivity index (χ3v) is 4.04. The van der Waals surface area contributed by atoms with E-state index in [2.05, 4.69) is 20.9 Å². The van der Waals surface area contributed by atoms with Crippen LogP contribution in [0.3, 0.4) is 0 Å². The highest BCUT2D eigenvalue weighted by atomic mass is 16.3. The Bertz CT molecular complexity index is 643. The zero-order valence-electron chi connectivity index (χ0n) is 12.9. The van der Waals surface area contributed by atoms with E-state index in [1.54, 1.807) is 10.9 Å². The van der Waals surface area contributed by atoms with Crippen molar-refractivity contribution < 1.29 is 9.90 Å². The normalized spacial score (nSPS) is 20.9. The first kappa shape index (κ1) is 15.5. The van der Waals surface area contributed by atoms with E-state index in [0.717, 1.165) is 31.4 Å². The Labute approximate surface area is 134 Å². The van der Waals surface area contributed by atoms with Gasteiger partial charge in [0.2, 0.25) is 0 Å². The molecular weight excluding hydrogens is 294 g/mol. The predicted molar refractivity (Wildman–Crippen MR) is 85.0 cm³/mol. The highest BCUT2D eigenvalue weighted by molar-refractivity contribution is 5.74. The number of carbonyl (C=O) groups is 1. The van der Waals surface area contributed by atoms with E-state index < -0.39 is 6.10 Å². The Hall–Kier alpha value is -2.41. The smallest absolute Gasteiger partial charge is 0.315 e. The Kier molecular flexibility index (Phi) is 4.87.